The first kappa shape index (κ1) is 27.6. The minimum atomic E-state index is -0.769. The highest BCUT2D eigenvalue weighted by molar-refractivity contribution is 9.10. The first-order chi connectivity index (χ1) is 19.4. The number of hydrogen-bond donors (Lipinski definition) is 0. The molecule has 40 heavy (non-hydrogen) atoms. The molecule has 1 aromatic heterocycles. The molecule has 0 spiro atoms. The van der Waals surface area contributed by atoms with Crippen LogP contribution in [0, 0.1) is 0 Å². The molecule has 1 aliphatic rings. The molecule has 0 unspecified atom stereocenters. The predicted octanol–water partition coefficient (Wildman–Crippen LogP) is 5.11. The van der Waals surface area contributed by atoms with Gasteiger partial charge in [0, 0.05) is 5.56 Å². The third-order valence-corrected chi connectivity index (χ3v) is 7.94. The summed E-state index contributed by atoms with van der Waals surface area (Å²) in [6.45, 7) is 4.42. The summed E-state index contributed by atoms with van der Waals surface area (Å²) >= 11 is 4.82. The van der Waals surface area contributed by atoms with E-state index in [9.17, 15) is 9.59 Å². The monoisotopic (exact) mass is 618 g/mol. The number of ether oxygens (including phenoxy) is 3. The van der Waals surface area contributed by atoms with Crippen LogP contribution in [-0.4, -0.2) is 30.9 Å². The van der Waals surface area contributed by atoms with Gasteiger partial charge in [0.25, 0.3) is 5.56 Å². The van der Waals surface area contributed by atoms with Crippen LogP contribution in [0.15, 0.2) is 92.6 Å². The molecule has 4 aromatic rings. The van der Waals surface area contributed by atoms with Crippen molar-refractivity contribution < 1.29 is 19.0 Å². The van der Waals surface area contributed by atoms with Crippen molar-refractivity contribution in [1.29, 1.82) is 0 Å². The van der Waals surface area contributed by atoms with Crippen molar-refractivity contribution in [3.8, 4) is 11.5 Å². The van der Waals surface area contributed by atoms with E-state index in [0.717, 1.165) is 21.3 Å². The summed E-state index contributed by atoms with van der Waals surface area (Å²) < 4.78 is 19.5. The highest BCUT2D eigenvalue weighted by Gasteiger charge is 2.35. The Labute approximate surface area is 243 Å². The highest BCUT2D eigenvalue weighted by Crippen LogP contribution is 2.36. The van der Waals surface area contributed by atoms with E-state index >= 15 is 0 Å². The van der Waals surface area contributed by atoms with E-state index in [-0.39, 0.29) is 12.2 Å². The van der Waals surface area contributed by atoms with Gasteiger partial charge in [-0.2, -0.15) is 0 Å². The molecule has 1 aliphatic heterocycles. The van der Waals surface area contributed by atoms with Crippen molar-refractivity contribution in [2.45, 2.75) is 19.9 Å². The maximum atomic E-state index is 14.0. The van der Waals surface area contributed by atoms with Crippen molar-refractivity contribution in [1.82, 2.24) is 4.57 Å². The fourth-order valence-corrected chi connectivity index (χ4v) is 6.11. The minimum Gasteiger partial charge on any atom is -0.497 e. The average molecular weight is 620 g/mol. The molecule has 7 nitrogen and oxygen atoms in total. The Morgan fingerprint density at radius 2 is 1.85 bits per heavy atom. The molecule has 0 aliphatic carbocycles. The van der Waals surface area contributed by atoms with Crippen molar-refractivity contribution >= 4 is 45.0 Å². The Morgan fingerprint density at radius 1 is 1.05 bits per heavy atom. The number of benzene rings is 3. The van der Waals surface area contributed by atoms with Crippen molar-refractivity contribution in [2.75, 3.05) is 20.3 Å². The molecule has 5 rings (SSSR count). The topological polar surface area (TPSA) is 79.1 Å². The Hall–Kier alpha value is -3.95. The molecule has 0 fully saturated rings. The van der Waals surface area contributed by atoms with Gasteiger partial charge >= 0.3 is 5.97 Å². The van der Waals surface area contributed by atoms with E-state index in [0.29, 0.717) is 38.5 Å². The van der Waals surface area contributed by atoms with E-state index in [1.54, 1.807) is 18.6 Å². The van der Waals surface area contributed by atoms with Crippen LogP contribution < -0.4 is 24.4 Å². The summed E-state index contributed by atoms with van der Waals surface area (Å²) in [5.41, 5.74) is 2.81. The van der Waals surface area contributed by atoms with E-state index in [2.05, 4.69) is 15.9 Å². The van der Waals surface area contributed by atoms with Crippen LogP contribution in [0.2, 0.25) is 0 Å². The Bertz CT molecular complexity index is 1780. The van der Waals surface area contributed by atoms with Crippen molar-refractivity contribution in [2.24, 2.45) is 4.99 Å². The number of carbonyl (C=O) groups excluding carboxylic acids is 1. The molecule has 1 atom stereocenters. The Balaban J connectivity index is 1.79. The maximum Gasteiger partial charge on any atom is 0.338 e. The molecule has 0 saturated heterocycles. The molecule has 2 heterocycles. The summed E-state index contributed by atoms with van der Waals surface area (Å²) in [5, 5.41) is 0. The van der Waals surface area contributed by atoms with E-state index in [1.807, 2.05) is 85.8 Å². The molecular formula is C31H27BrN2O5S. The number of methoxy groups -OCH3 is 1. The number of halogens is 1. The number of fused-ring (bicyclic) bond motifs is 1. The van der Waals surface area contributed by atoms with Gasteiger partial charge < -0.3 is 14.2 Å². The van der Waals surface area contributed by atoms with Gasteiger partial charge in [-0.25, -0.2) is 9.79 Å². The highest BCUT2D eigenvalue weighted by atomic mass is 79.9. The maximum absolute atomic E-state index is 14.0. The van der Waals surface area contributed by atoms with Crippen molar-refractivity contribution in [3.05, 3.63) is 119 Å². The van der Waals surface area contributed by atoms with Crippen LogP contribution in [0.1, 0.15) is 36.6 Å². The molecular weight excluding hydrogens is 592 g/mol. The lowest BCUT2D eigenvalue weighted by molar-refractivity contribution is -0.138. The molecule has 0 bridgehead atoms. The van der Waals surface area contributed by atoms with E-state index in [1.165, 1.54) is 11.3 Å². The van der Waals surface area contributed by atoms with Gasteiger partial charge in [-0.15, -0.1) is 0 Å². The normalized spacial score (nSPS) is 14.9. The van der Waals surface area contributed by atoms with Gasteiger partial charge in [0.1, 0.15) is 11.5 Å². The van der Waals surface area contributed by atoms with E-state index < -0.39 is 12.0 Å². The second-order valence-electron chi connectivity index (χ2n) is 8.83. The number of rotatable bonds is 8. The van der Waals surface area contributed by atoms with Crippen molar-refractivity contribution in [3.63, 3.8) is 0 Å². The largest absolute Gasteiger partial charge is 0.497 e. The lowest BCUT2D eigenvalue weighted by Gasteiger charge is -2.26. The van der Waals surface area contributed by atoms with Crippen LogP contribution in [-0.2, 0) is 9.53 Å². The first-order valence-corrected chi connectivity index (χ1v) is 14.4. The summed E-state index contributed by atoms with van der Waals surface area (Å²) in [7, 11) is 1.58. The number of hydrogen-bond acceptors (Lipinski definition) is 7. The van der Waals surface area contributed by atoms with Crippen LogP contribution in [0.3, 0.4) is 0 Å². The fourth-order valence-electron chi connectivity index (χ4n) is 4.60. The van der Waals surface area contributed by atoms with Crippen LogP contribution >= 0.6 is 27.3 Å². The number of esters is 1. The van der Waals surface area contributed by atoms with Gasteiger partial charge in [-0.3, -0.25) is 9.36 Å². The summed E-state index contributed by atoms with van der Waals surface area (Å²) in [6.07, 6.45) is 1.82. The average Bonchev–Trinajstić information content (AvgIpc) is 3.28. The third kappa shape index (κ3) is 5.39. The summed E-state index contributed by atoms with van der Waals surface area (Å²) in [4.78, 5) is 32.9. The summed E-state index contributed by atoms with van der Waals surface area (Å²) in [5.74, 6) is 0.814. The number of nitrogens with zero attached hydrogens (tertiary/aromatic N) is 2. The van der Waals surface area contributed by atoms with E-state index in [4.69, 9.17) is 19.2 Å². The number of thiazole rings is 1. The zero-order chi connectivity index (χ0) is 28.2. The summed E-state index contributed by atoms with van der Waals surface area (Å²) in [6, 6.07) is 21.7. The second kappa shape index (κ2) is 12.1. The fraction of sp³-hybridized carbons (Fsp3) is 0.194. The number of carbonyl (C=O) groups is 1. The third-order valence-electron chi connectivity index (χ3n) is 6.34. The molecule has 0 N–H and O–H groups in total. The lowest BCUT2D eigenvalue weighted by Crippen LogP contribution is -2.40. The standard InChI is InChI=1S/C31H27BrN2O5S/c1-4-38-24-15-14-19(16-23(24)32)17-25-29(35)34-28(21-12-9-13-22(18-21)37-3)26(30(36)39-5-2)27(33-31(34)40-25)20-10-7-6-8-11-20/h6-18,28H,4-5H2,1-3H3/b25-17-/t28-/m0/s1. The Morgan fingerprint density at radius 3 is 2.55 bits per heavy atom. The lowest BCUT2D eigenvalue weighted by atomic mass is 9.93. The molecule has 204 valence electrons. The second-order valence-corrected chi connectivity index (χ2v) is 10.7. The van der Waals surface area contributed by atoms with Crippen LogP contribution in [0.5, 0.6) is 11.5 Å². The Kier molecular flexibility index (Phi) is 8.32. The molecule has 0 amide bonds. The zero-order valence-electron chi connectivity index (χ0n) is 22.2. The molecule has 0 saturated carbocycles. The molecule has 9 heteroatoms. The molecule has 0 radical (unpaired) electrons. The smallest absolute Gasteiger partial charge is 0.338 e. The van der Waals surface area contributed by atoms with Crippen LogP contribution in [0.4, 0.5) is 0 Å². The van der Waals surface area contributed by atoms with Gasteiger partial charge in [-0.1, -0.05) is 59.9 Å². The number of aromatic nitrogens is 1. The zero-order valence-corrected chi connectivity index (χ0v) is 24.6. The predicted molar refractivity (Wildman–Crippen MR) is 159 cm³/mol. The quantitative estimate of drug-likeness (QED) is 0.257. The van der Waals surface area contributed by atoms with Crippen LogP contribution in [0.25, 0.3) is 11.8 Å². The molecule has 3 aromatic carbocycles. The minimum absolute atomic E-state index is 0.187. The van der Waals surface area contributed by atoms with Gasteiger partial charge in [0.05, 0.1) is 46.6 Å². The van der Waals surface area contributed by atoms with Gasteiger partial charge in [-0.05, 0) is 71.2 Å². The first-order valence-electron chi connectivity index (χ1n) is 12.8. The van der Waals surface area contributed by atoms with Gasteiger partial charge in [0.2, 0.25) is 0 Å². The van der Waals surface area contributed by atoms with Gasteiger partial charge in [0.15, 0.2) is 4.80 Å². The SMILES string of the molecule is CCOC(=O)C1=C(c2ccccc2)N=c2s/c(=C\c3ccc(OCC)c(Br)c3)c(=O)n2[C@H]1c1cccc(OC)c1.